The van der Waals surface area contributed by atoms with Crippen LogP contribution in [0.25, 0.3) is 0 Å². The van der Waals surface area contributed by atoms with E-state index in [-0.39, 0.29) is 11.9 Å². The normalized spacial score (nSPS) is 14.9. The second kappa shape index (κ2) is 7.94. The van der Waals surface area contributed by atoms with Gasteiger partial charge in [0.2, 0.25) is 11.9 Å². The molecule has 1 saturated heterocycles. The maximum absolute atomic E-state index is 12.4. The molecule has 2 heterocycles. The molecular formula is C17H24N6O3. The minimum absolute atomic E-state index is 0.114. The summed E-state index contributed by atoms with van der Waals surface area (Å²) in [5.41, 5.74) is 6.10. The van der Waals surface area contributed by atoms with Crippen molar-refractivity contribution < 1.29 is 14.3 Å². The Morgan fingerprint density at radius 3 is 2.65 bits per heavy atom. The average Bonchev–Trinajstić information content (AvgIpc) is 3.12. The van der Waals surface area contributed by atoms with E-state index in [1.54, 1.807) is 32.4 Å². The Labute approximate surface area is 151 Å². The quantitative estimate of drug-likeness (QED) is 0.704. The van der Waals surface area contributed by atoms with Crippen LogP contribution in [0.2, 0.25) is 0 Å². The zero-order chi connectivity index (χ0) is 18.5. The lowest BCUT2D eigenvalue weighted by Crippen LogP contribution is -2.39. The van der Waals surface area contributed by atoms with Crippen LogP contribution in [0, 0.1) is 5.92 Å². The van der Waals surface area contributed by atoms with Crippen molar-refractivity contribution in [1.82, 2.24) is 20.5 Å². The van der Waals surface area contributed by atoms with E-state index in [4.69, 9.17) is 15.2 Å². The van der Waals surface area contributed by atoms with Gasteiger partial charge in [0, 0.05) is 25.2 Å². The first-order valence-corrected chi connectivity index (χ1v) is 8.53. The molecule has 0 radical (unpaired) electrons. The van der Waals surface area contributed by atoms with Crippen LogP contribution >= 0.6 is 0 Å². The lowest BCUT2D eigenvalue weighted by atomic mass is 9.97. The fraction of sp³-hybridized carbons (Fsp3) is 0.471. The third kappa shape index (κ3) is 3.98. The second-order valence-electron chi connectivity index (χ2n) is 6.23. The van der Waals surface area contributed by atoms with Gasteiger partial charge in [-0.1, -0.05) is 0 Å². The van der Waals surface area contributed by atoms with Gasteiger partial charge in [-0.25, -0.2) is 5.10 Å². The Morgan fingerprint density at radius 1 is 1.31 bits per heavy atom. The number of carbonyl (C=O) groups is 1. The summed E-state index contributed by atoms with van der Waals surface area (Å²) >= 11 is 0. The molecule has 26 heavy (non-hydrogen) atoms. The Bertz CT molecular complexity index is 755. The largest absolute Gasteiger partial charge is 0.493 e. The van der Waals surface area contributed by atoms with Crippen molar-refractivity contribution in [3.05, 3.63) is 23.8 Å². The van der Waals surface area contributed by atoms with Crippen LogP contribution in [0.15, 0.2) is 18.2 Å². The lowest BCUT2D eigenvalue weighted by Gasteiger charge is -2.31. The number of aromatic nitrogens is 3. The number of amides is 1. The fourth-order valence-electron chi connectivity index (χ4n) is 3.07. The van der Waals surface area contributed by atoms with E-state index >= 15 is 0 Å². The van der Waals surface area contributed by atoms with Gasteiger partial charge >= 0.3 is 0 Å². The van der Waals surface area contributed by atoms with Gasteiger partial charge in [0.1, 0.15) is 0 Å². The SMILES string of the molecule is COc1ccc(C(=O)NCC2CCN(c3nc(N)n[nH]3)CC2)cc1OC. The molecule has 2 aromatic rings. The number of nitrogens with one attached hydrogen (secondary N) is 2. The summed E-state index contributed by atoms with van der Waals surface area (Å²) in [6.07, 6.45) is 1.93. The zero-order valence-electron chi connectivity index (χ0n) is 15.0. The Hall–Kier alpha value is -2.97. The number of nitrogen functional groups attached to an aromatic ring is 1. The topological polar surface area (TPSA) is 118 Å². The molecule has 9 nitrogen and oxygen atoms in total. The molecule has 1 aromatic heterocycles. The second-order valence-corrected chi connectivity index (χ2v) is 6.23. The number of piperidine rings is 1. The minimum Gasteiger partial charge on any atom is -0.493 e. The molecule has 0 aliphatic carbocycles. The van der Waals surface area contributed by atoms with Gasteiger partial charge in [-0.15, -0.1) is 5.10 Å². The van der Waals surface area contributed by atoms with E-state index in [0.717, 1.165) is 25.9 Å². The van der Waals surface area contributed by atoms with Crippen LogP contribution in [-0.2, 0) is 0 Å². The van der Waals surface area contributed by atoms with Crippen molar-refractivity contribution in [3.8, 4) is 11.5 Å². The molecule has 0 spiro atoms. The number of nitrogens with two attached hydrogens (primary N) is 1. The molecular weight excluding hydrogens is 336 g/mol. The van der Waals surface area contributed by atoms with Crippen molar-refractivity contribution in [2.45, 2.75) is 12.8 Å². The van der Waals surface area contributed by atoms with Crippen LogP contribution < -0.4 is 25.4 Å². The van der Waals surface area contributed by atoms with E-state index in [1.165, 1.54) is 0 Å². The highest BCUT2D eigenvalue weighted by Crippen LogP contribution is 2.27. The molecule has 0 bridgehead atoms. The van der Waals surface area contributed by atoms with Crippen molar-refractivity contribution >= 4 is 17.8 Å². The van der Waals surface area contributed by atoms with Crippen molar-refractivity contribution in [2.24, 2.45) is 5.92 Å². The first-order chi connectivity index (χ1) is 12.6. The highest BCUT2D eigenvalue weighted by molar-refractivity contribution is 5.94. The number of hydrogen-bond acceptors (Lipinski definition) is 7. The van der Waals surface area contributed by atoms with Crippen molar-refractivity contribution in [1.29, 1.82) is 0 Å². The van der Waals surface area contributed by atoms with Crippen LogP contribution in [0.1, 0.15) is 23.2 Å². The number of nitrogens with zero attached hydrogens (tertiary/aromatic N) is 3. The monoisotopic (exact) mass is 360 g/mol. The van der Waals surface area contributed by atoms with Gasteiger partial charge in [-0.05, 0) is 37.0 Å². The third-order valence-electron chi connectivity index (χ3n) is 4.60. The summed E-state index contributed by atoms with van der Waals surface area (Å²) in [5, 5.41) is 9.69. The number of methoxy groups -OCH3 is 2. The summed E-state index contributed by atoms with van der Waals surface area (Å²) in [5.74, 6) is 2.41. The average molecular weight is 360 g/mol. The zero-order valence-corrected chi connectivity index (χ0v) is 15.0. The lowest BCUT2D eigenvalue weighted by molar-refractivity contribution is 0.0944. The Kier molecular flexibility index (Phi) is 5.45. The number of hydrogen-bond donors (Lipinski definition) is 3. The van der Waals surface area contributed by atoms with Crippen LogP contribution in [-0.4, -0.2) is 54.9 Å². The summed E-state index contributed by atoms with van der Waals surface area (Å²) in [6.45, 7) is 2.34. The van der Waals surface area contributed by atoms with Crippen molar-refractivity contribution in [3.63, 3.8) is 0 Å². The Morgan fingerprint density at radius 2 is 2.04 bits per heavy atom. The van der Waals surface area contributed by atoms with E-state index in [9.17, 15) is 4.79 Å². The van der Waals surface area contributed by atoms with Crippen LogP contribution in [0.3, 0.4) is 0 Å². The van der Waals surface area contributed by atoms with Crippen LogP contribution in [0.4, 0.5) is 11.9 Å². The number of benzene rings is 1. The number of anilines is 2. The Balaban J connectivity index is 1.49. The smallest absolute Gasteiger partial charge is 0.251 e. The molecule has 0 saturated carbocycles. The van der Waals surface area contributed by atoms with E-state index in [0.29, 0.717) is 35.5 Å². The highest BCUT2D eigenvalue weighted by Gasteiger charge is 2.22. The van der Waals surface area contributed by atoms with E-state index in [2.05, 4.69) is 25.4 Å². The molecule has 1 aliphatic rings. The van der Waals surface area contributed by atoms with Gasteiger partial charge in [0.05, 0.1) is 14.2 Å². The molecule has 1 amide bonds. The van der Waals surface area contributed by atoms with Gasteiger partial charge in [0.25, 0.3) is 5.91 Å². The molecule has 0 atom stereocenters. The number of carbonyl (C=O) groups excluding carboxylic acids is 1. The van der Waals surface area contributed by atoms with E-state index in [1.807, 2.05) is 0 Å². The molecule has 4 N–H and O–H groups in total. The summed E-state index contributed by atoms with van der Waals surface area (Å²) < 4.78 is 10.4. The van der Waals surface area contributed by atoms with Gasteiger partial charge in [-0.2, -0.15) is 4.98 Å². The predicted octanol–water partition coefficient (Wildman–Crippen LogP) is 1.05. The molecule has 1 aliphatic heterocycles. The van der Waals surface area contributed by atoms with Crippen molar-refractivity contribution in [2.75, 3.05) is 44.5 Å². The maximum Gasteiger partial charge on any atom is 0.251 e. The number of rotatable bonds is 6. The third-order valence-corrected chi connectivity index (χ3v) is 4.60. The number of aromatic amines is 1. The fourth-order valence-corrected chi connectivity index (χ4v) is 3.07. The summed E-state index contributed by atoms with van der Waals surface area (Å²) in [7, 11) is 3.12. The summed E-state index contributed by atoms with van der Waals surface area (Å²) in [6, 6.07) is 5.15. The van der Waals surface area contributed by atoms with E-state index < -0.39 is 0 Å². The first-order valence-electron chi connectivity index (χ1n) is 8.53. The van der Waals surface area contributed by atoms with Crippen LogP contribution in [0.5, 0.6) is 11.5 Å². The van der Waals surface area contributed by atoms with Gasteiger partial charge < -0.3 is 25.4 Å². The molecule has 9 heteroatoms. The maximum atomic E-state index is 12.4. The summed E-state index contributed by atoms with van der Waals surface area (Å²) in [4.78, 5) is 18.7. The molecule has 1 aromatic carbocycles. The predicted molar refractivity (Wildman–Crippen MR) is 97.6 cm³/mol. The molecule has 0 unspecified atom stereocenters. The molecule has 1 fully saturated rings. The number of ether oxygens (including phenoxy) is 2. The van der Waals surface area contributed by atoms with Gasteiger partial charge in [-0.3, -0.25) is 4.79 Å². The number of H-pyrrole nitrogens is 1. The standard InChI is InChI=1S/C17H24N6O3/c1-25-13-4-3-12(9-14(13)26-2)15(24)19-10-11-5-7-23(8-6-11)17-20-16(18)21-22-17/h3-4,9,11H,5-8,10H2,1-2H3,(H,19,24)(H3,18,20,21,22). The molecule has 3 rings (SSSR count). The molecule has 140 valence electrons. The highest BCUT2D eigenvalue weighted by atomic mass is 16.5. The van der Waals surface area contributed by atoms with Gasteiger partial charge in [0.15, 0.2) is 11.5 Å². The first kappa shape index (κ1) is 17.8. The minimum atomic E-state index is -0.114.